The largest absolute Gasteiger partial charge is 0.508 e. The van der Waals surface area contributed by atoms with Crippen LogP contribution in [-0.2, 0) is 10.0 Å². The van der Waals surface area contributed by atoms with Gasteiger partial charge in [-0.25, -0.2) is 5.06 Å². The number of benzene rings is 1. The minimum Gasteiger partial charge on any atom is -0.508 e. The minimum absolute atomic E-state index is 0.00430. The lowest BCUT2D eigenvalue weighted by Gasteiger charge is -2.10. The van der Waals surface area contributed by atoms with Crippen molar-refractivity contribution in [3.05, 3.63) is 96.4 Å². The third kappa shape index (κ3) is 4.27. The second-order valence-corrected chi connectivity index (χ2v) is 7.07. The van der Waals surface area contributed by atoms with E-state index in [4.69, 9.17) is 0 Å². The van der Waals surface area contributed by atoms with Gasteiger partial charge in [-0.1, -0.05) is 30.4 Å². The van der Waals surface area contributed by atoms with E-state index < -0.39 is 10.0 Å². The third-order valence-corrected chi connectivity index (χ3v) is 4.89. The number of phenolic OH excluding ortho intramolecular Hbond substituents is 1. The molecule has 2 aliphatic rings. The molecule has 0 bridgehead atoms. The summed E-state index contributed by atoms with van der Waals surface area (Å²) in [5.41, 5.74) is 1.78. The van der Waals surface area contributed by atoms with Gasteiger partial charge < -0.3 is 5.11 Å². The molecule has 0 atom stereocenters. The highest BCUT2D eigenvalue weighted by Crippen LogP contribution is 2.19. The molecule has 0 aromatic heterocycles. The monoisotopic (exact) mass is 368 g/mol. The normalized spacial score (nSPS) is 19.6. The summed E-state index contributed by atoms with van der Waals surface area (Å²) >= 11 is 0. The fraction of sp³-hybridized carbons (Fsp3) is 0. The number of hydrogen-bond acceptors (Lipinski definition) is 5. The van der Waals surface area contributed by atoms with Crippen molar-refractivity contribution in [2.75, 3.05) is 0 Å². The Bertz CT molecular complexity index is 992. The van der Waals surface area contributed by atoms with Crippen LogP contribution in [0.25, 0.3) is 0 Å². The Hall–Kier alpha value is -3.16. The number of rotatable bonds is 3. The Morgan fingerprint density at radius 2 is 1.58 bits per heavy atom. The van der Waals surface area contributed by atoms with Crippen molar-refractivity contribution in [3.63, 3.8) is 0 Å². The number of nitrogens with zero attached hydrogens (tertiary/aromatic N) is 2. The lowest BCUT2D eigenvalue weighted by atomic mass is 10.0. The zero-order valence-corrected chi connectivity index (χ0v) is 14.4. The third-order valence-electron chi connectivity index (χ3n) is 3.58. The van der Waals surface area contributed by atoms with Gasteiger partial charge >= 0.3 is 0 Å². The lowest BCUT2D eigenvalue weighted by Crippen LogP contribution is -2.06. The summed E-state index contributed by atoms with van der Waals surface area (Å²) < 4.78 is 28.9. The van der Waals surface area contributed by atoms with Crippen molar-refractivity contribution in [1.82, 2.24) is 5.06 Å². The van der Waals surface area contributed by atoms with Gasteiger partial charge in [-0.15, -0.1) is 0 Å². The Morgan fingerprint density at radius 1 is 0.923 bits per heavy atom. The van der Waals surface area contributed by atoms with E-state index in [2.05, 4.69) is 4.40 Å². The van der Waals surface area contributed by atoms with Gasteiger partial charge in [0, 0.05) is 18.0 Å². The van der Waals surface area contributed by atoms with Gasteiger partial charge in [0.25, 0.3) is 10.0 Å². The molecule has 0 amide bonds. The first-order chi connectivity index (χ1) is 12.4. The van der Waals surface area contributed by atoms with Gasteiger partial charge in [0.05, 0.1) is 10.6 Å². The number of sulfonamides is 1. The van der Waals surface area contributed by atoms with Crippen molar-refractivity contribution < 1.29 is 18.7 Å². The van der Waals surface area contributed by atoms with Crippen molar-refractivity contribution in [2.45, 2.75) is 4.90 Å². The van der Waals surface area contributed by atoms with Gasteiger partial charge in [0.2, 0.25) is 0 Å². The smallest absolute Gasteiger partial charge is 0.282 e. The van der Waals surface area contributed by atoms with Crippen molar-refractivity contribution >= 4 is 15.7 Å². The van der Waals surface area contributed by atoms with Crippen LogP contribution in [0.15, 0.2) is 106 Å². The van der Waals surface area contributed by atoms with E-state index in [0.29, 0.717) is 11.3 Å². The van der Waals surface area contributed by atoms with Crippen LogP contribution in [0.3, 0.4) is 0 Å². The average molecular weight is 368 g/mol. The molecule has 1 aliphatic heterocycles. The molecule has 0 saturated carbocycles. The van der Waals surface area contributed by atoms with E-state index in [1.54, 1.807) is 48.6 Å². The summed E-state index contributed by atoms with van der Waals surface area (Å²) in [6, 6.07) is 5.22. The summed E-state index contributed by atoms with van der Waals surface area (Å²) in [7, 11) is -3.90. The first-order valence-corrected chi connectivity index (χ1v) is 9.13. The van der Waals surface area contributed by atoms with Crippen LogP contribution < -0.4 is 0 Å². The summed E-state index contributed by atoms with van der Waals surface area (Å²) in [5.74, 6) is -0.0145. The van der Waals surface area contributed by atoms with E-state index in [1.807, 2.05) is 0 Å². The molecule has 0 radical (unpaired) electrons. The predicted octanol–water partition coefficient (Wildman–Crippen LogP) is 3.23. The standard InChI is InChI=1S/C19H16N2O4S/c22-17-7-9-18(10-8-17)26(24,25)20-19-4-2-1-3-16(19)6-5-15-11-13-21(23)14-12-15/h1-14,22-23H/b16-6+,20-19-. The van der Waals surface area contributed by atoms with Gasteiger partial charge in [-0.2, -0.15) is 12.8 Å². The molecular weight excluding hydrogens is 352 g/mol. The summed E-state index contributed by atoms with van der Waals surface area (Å²) in [4.78, 5) is 0.00430. The molecule has 1 aromatic rings. The van der Waals surface area contributed by atoms with Crippen molar-refractivity contribution in [1.29, 1.82) is 0 Å². The quantitative estimate of drug-likeness (QED) is 0.855. The lowest BCUT2D eigenvalue weighted by molar-refractivity contribution is 0.0105. The maximum Gasteiger partial charge on any atom is 0.282 e. The summed E-state index contributed by atoms with van der Waals surface area (Å²) in [6.45, 7) is 0. The van der Waals surface area contributed by atoms with Gasteiger partial charge in [-0.05, 0) is 48.1 Å². The molecule has 0 unspecified atom stereocenters. The topological polar surface area (TPSA) is 90.2 Å². The first-order valence-electron chi connectivity index (χ1n) is 7.69. The molecule has 3 rings (SSSR count). The molecule has 0 saturated heterocycles. The molecule has 1 aromatic carbocycles. The van der Waals surface area contributed by atoms with Crippen molar-refractivity contribution in [3.8, 4) is 5.75 Å². The number of allylic oxidation sites excluding steroid dienone is 10. The molecule has 7 heteroatoms. The molecule has 0 spiro atoms. The highest BCUT2D eigenvalue weighted by atomic mass is 32.2. The van der Waals surface area contributed by atoms with Crippen LogP contribution in [0.5, 0.6) is 5.75 Å². The van der Waals surface area contributed by atoms with E-state index >= 15 is 0 Å². The van der Waals surface area contributed by atoms with Gasteiger partial charge in [0.1, 0.15) is 5.75 Å². The van der Waals surface area contributed by atoms with Crippen molar-refractivity contribution in [2.24, 2.45) is 4.40 Å². The first kappa shape index (κ1) is 17.7. The van der Waals surface area contributed by atoms with Crippen LogP contribution in [0.2, 0.25) is 0 Å². The minimum atomic E-state index is -3.90. The van der Waals surface area contributed by atoms with Crippen LogP contribution in [0.4, 0.5) is 0 Å². The number of phenols is 1. The Labute approximate surface area is 151 Å². The van der Waals surface area contributed by atoms with Gasteiger partial charge in [-0.3, -0.25) is 5.21 Å². The van der Waals surface area contributed by atoms with Crippen LogP contribution >= 0.6 is 0 Å². The fourth-order valence-electron chi connectivity index (χ4n) is 2.24. The van der Waals surface area contributed by atoms with E-state index in [0.717, 1.165) is 10.6 Å². The maximum atomic E-state index is 12.5. The highest BCUT2D eigenvalue weighted by Gasteiger charge is 2.15. The molecule has 2 N–H and O–H groups in total. The average Bonchev–Trinajstić information content (AvgIpc) is 2.62. The zero-order valence-electron chi connectivity index (χ0n) is 13.6. The Balaban J connectivity index is 1.92. The van der Waals surface area contributed by atoms with E-state index in [1.165, 1.54) is 36.7 Å². The van der Waals surface area contributed by atoms with Crippen LogP contribution in [0.1, 0.15) is 0 Å². The fourth-order valence-corrected chi connectivity index (χ4v) is 3.25. The zero-order chi connectivity index (χ0) is 18.6. The van der Waals surface area contributed by atoms with E-state index in [-0.39, 0.29) is 10.6 Å². The number of hydrogen-bond donors (Lipinski definition) is 2. The SMILES string of the molecule is O=S(=O)(/N=C1/C=CC=C/C1=C\C=C1C=CN(O)C=C1)c1ccc(O)cc1. The van der Waals surface area contributed by atoms with Gasteiger partial charge in [0.15, 0.2) is 0 Å². The molecule has 0 fully saturated rings. The Kier molecular flexibility index (Phi) is 5.01. The molecule has 26 heavy (non-hydrogen) atoms. The molecular formula is C19H16N2O4S. The molecule has 132 valence electrons. The second kappa shape index (κ2) is 7.38. The maximum absolute atomic E-state index is 12.5. The molecule has 1 heterocycles. The predicted molar refractivity (Wildman–Crippen MR) is 99.1 cm³/mol. The Morgan fingerprint density at radius 3 is 2.27 bits per heavy atom. The number of aromatic hydroxyl groups is 1. The van der Waals surface area contributed by atoms with Crippen LogP contribution in [0, 0.1) is 0 Å². The van der Waals surface area contributed by atoms with E-state index in [9.17, 15) is 18.7 Å². The second-order valence-electron chi connectivity index (χ2n) is 5.46. The summed E-state index contributed by atoms with van der Waals surface area (Å²) in [5, 5.41) is 19.5. The molecule has 6 nitrogen and oxygen atoms in total. The molecule has 1 aliphatic carbocycles. The van der Waals surface area contributed by atoms with Crippen LogP contribution in [-0.4, -0.2) is 29.5 Å². The number of hydroxylamine groups is 2. The summed E-state index contributed by atoms with van der Waals surface area (Å²) in [6.07, 6.45) is 16.8. The highest BCUT2D eigenvalue weighted by molar-refractivity contribution is 7.90.